The second-order valence-electron chi connectivity index (χ2n) is 7.97. The van der Waals surface area contributed by atoms with Gasteiger partial charge in [-0.1, -0.05) is 54.6 Å². The Labute approximate surface area is 180 Å². The highest BCUT2D eigenvalue weighted by Gasteiger charge is 2.19. The molecule has 1 saturated heterocycles. The van der Waals surface area contributed by atoms with Crippen LogP contribution in [0.3, 0.4) is 0 Å². The van der Waals surface area contributed by atoms with Gasteiger partial charge in [0.1, 0.15) is 0 Å². The molecular weight excluding hydrogens is 386 g/mol. The van der Waals surface area contributed by atoms with Gasteiger partial charge < -0.3 is 10.6 Å². The van der Waals surface area contributed by atoms with Crippen molar-refractivity contribution < 1.29 is 0 Å². The zero-order valence-corrected chi connectivity index (χ0v) is 17.3. The van der Waals surface area contributed by atoms with Crippen molar-refractivity contribution in [3.05, 3.63) is 88.7 Å². The lowest BCUT2D eigenvalue weighted by Gasteiger charge is -2.36. The number of nitrogens with one attached hydrogen (secondary N) is 1. The molecule has 1 aliphatic rings. The molecule has 1 aromatic heterocycles. The molecule has 0 aliphatic carbocycles. The van der Waals surface area contributed by atoms with Crippen molar-refractivity contribution in [3.8, 4) is 11.3 Å². The summed E-state index contributed by atoms with van der Waals surface area (Å²) in [6.45, 7) is 4.87. The highest BCUT2D eigenvalue weighted by molar-refractivity contribution is 5.94. The van der Waals surface area contributed by atoms with Gasteiger partial charge in [-0.15, -0.1) is 0 Å². The first-order valence-electron chi connectivity index (χ1n) is 10.6. The molecule has 6 heteroatoms. The minimum Gasteiger partial charge on any atom is -0.397 e. The Kier molecular flexibility index (Phi) is 5.14. The summed E-state index contributed by atoms with van der Waals surface area (Å²) in [5.41, 5.74) is 11.0. The summed E-state index contributed by atoms with van der Waals surface area (Å²) in [5, 5.41) is 8.35. The number of aromatic nitrogens is 2. The van der Waals surface area contributed by atoms with Crippen LogP contribution < -0.4 is 16.2 Å². The van der Waals surface area contributed by atoms with Gasteiger partial charge in [-0.05, 0) is 23.8 Å². The molecule has 0 radical (unpaired) electrons. The van der Waals surface area contributed by atoms with Gasteiger partial charge in [-0.3, -0.25) is 9.69 Å². The smallest absolute Gasteiger partial charge is 0.272 e. The number of nitrogen functional groups attached to an aromatic ring is 1. The van der Waals surface area contributed by atoms with Gasteiger partial charge in [-0.25, -0.2) is 5.10 Å². The number of piperazine rings is 1. The number of hydrogen-bond acceptors (Lipinski definition) is 5. The van der Waals surface area contributed by atoms with Crippen molar-refractivity contribution in [1.29, 1.82) is 0 Å². The molecule has 0 saturated carbocycles. The van der Waals surface area contributed by atoms with Crippen molar-refractivity contribution in [3.63, 3.8) is 0 Å². The molecular formula is C25H25N5O. The zero-order valence-electron chi connectivity index (χ0n) is 17.3. The van der Waals surface area contributed by atoms with Crippen LogP contribution in [0.4, 0.5) is 11.4 Å². The second-order valence-corrected chi connectivity index (χ2v) is 7.97. The van der Waals surface area contributed by atoms with E-state index in [2.05, 4.69) is 56.4 Å². The molecule has 5 rings (SSSR count). The second kappa shape index (κ2) is 8.24. The molecule has 3 aromatic carbocycles. The van der Waals surface area contributed by atoms with Gasteiger partial charge in [0.05, 0.1) is 22.5 Å². The maximum atomic E-state index is 12.1. The van der Waals surface area contributed by atoms with Crippen LogP contribution >= 0.6 is 0 Å². The number of H-pyrrole nitrogens is 1. The molecule has 1 aliphatic heterocycles. The normalized spacial score (nSPS) is 14.8. The fourth-order valence-corrected chi connectivity index (χ4v) is 4.31. The van der Waals surface area contributed by atoms with Gasteiger partial charge in [0, 0.05) is 43.7 Å². The number of fused-ring (bicyclic) bond motifs is 1. The molecule has 0 bridgehead atoms. The topological polar surface area (TPSA) is 78.2 Å². The first-order chi connectivity index (χ1) is 15.2. The van der Waals surface area contributed by atoms with Crippen LogP contribution in [-0.4, -0.2) is 41.3 Å². The SMILES string of the molecule is Nc1cc(-c2n[nH]c(=O)c3ccccc23)ccc1N1CCN(Cc2ccccc2)CC1. The number of aromatic amines is 1. The zero-order chi connectivity index (χ0) is 21.2. The van der Waals surface area contributed by atoms with E-state index in [1.54, 1.807) is 0 Å². The molecule has 0 amide bonds. The van der Waals surface area contributed by atoms with E-state index in [1.165, 1.54) is 5.56 Å². The molecule has 4 aromatic rings. The average Bonchev–Trinajstić information content (AvgIpc) is 2.81. The average molecular weight is 412 g/mol. The van der Waals surface area contributed by atoms with E-state index in [1.807, 2.05) is 36.4 Å². The monoisotopic (exact) mass is 411 g/mol. The molecule has 6 nitrogen and oxygen atoms in total. The van der Waals surface area contributed by atoms with Gasteiger partial charge in [0.25, 0.3) is 5.56 Å². The molecule has 31 heavy (non-hydrogen) atoms. The molecule has 156 valence electrons. The third-order valence-corrected chi connectivity index (χ3v) is 5.96. The van der Waals surface area contributed by atoms with Crippen molar-refractivity contribution in [1.82, 2.24) is 15.1 Å². The van der Waals surface area contributed by atoms with E-state index in [0.717, 1.165) is 60.7 Å². The van der Waals surface area contributed by atoms with E-state index in [-0.39, 0.29) is 5.56 Å². The third-order valence-electron chi connectivity index (χ3n) is 5.96. The minimum atomic E-state index is -0.183. The highest BCUT2D eigenvalue weighted by atomic mass is 16.1. The predicted octanol–water partition coefficient (Wildman–Crippen LogP) is 3.49. The van der Waals surface area contributed by atoms with Gasteiger partial charge in [0.15, 0.2) is 0 Å². The maximum Gasteiger partial charge on any atom is 0.272 e. The molecule has 0 spiro atoms. The summed E-state index contributed by atoms with van der Waals surface area (Å²) in [6, 6.07) is 24.2. The Bertz CT molecular complexity index is 1260. The number of benzene rings is 3. The van der Waals surface area contributed by atoms with E-state index in [0.29, 0.717) is 5.39 Å². The van der Waals surface area contributed by atoms with Gasteiger partial charge >= 0.3 is 0 Å². The number of hydrogen-bond donors (Lipinski definition) is 2. The van der Waals surface area contributed by atoms with E-state index < -0.39 is 0 Å². The van der Waals surface area contributed by atoms with E-state index in [4.69, 9.17) is 5.73 Å². The van der Waals surface area contributed by atoms with Crippen LogP contribution in [0.5, 0.6) is 0 Å². The van der Waals surface area contributed by atoms with E-state index >= 15 is 0 Å². The number of rotatable bonds is 4. The van der Waals surface area contributed by atoms with Crippen LogP contribution in [0.1, 0.15) is 5.56 Å². The molecule has 3 N–H and O–H groups in total. The Morgan fingerprint density at radius 2 is 1.58 bits per heavy atom. The lowest BCUT2D eigenvalue weighted by atomic mass is 10.0. The maximum absolute atomic E-state index is 12.1. The summed E-state index contributed by atoms with van der Waals surface area (Å²) < 4.78 is 0. The Hall–Kier alpha value is -3.64. The Morgan fingerprint density at radius 1 is 0.871 bits per heavy atom. The summed E-state index contributed by atoms with van der Waals surface area (Å²) >= 11 is 0. The van der Waals surface area contributed by atoms with Crippen LogP contribution in [0, 0.1) is 0 Å². The Morgan fingerprint density at radius 3 is 2.32 bits per heavy atom. The van der Waals surface area contributed by atoms with Crippen LogP contribution in [0.25, 0.3) is 22.0 Å². The summed E-state index contributed by atoms with van der Waals surface area (Å²) in [7, 11) is 0. The van der Waals surface area contributed by atoms with Crippen molar-refractivity contribution in [2.45, 2.75) is 6.54 Å². The standard InChI is InChI=1S/C25H25N5O/c26-22-16-19(24-20-8-4-5-9-21(20)25(31)28-27-24)10-11-23(22)30-14-12-29(13-15-30)17-18-6-2-1-3-7-18/h1-11,16H,12-15,17,26H2,(H,28,31). The molecule has 2 heterocycles. The number of nitrogens with two attached hydrogens (primary N) is 1. The van der Waals surface area contributed by atoms with Crippen LogP contribution in [-0.2, 0) is 6.54 Å². The Balaban J connectivity index is 1.34. The number of anilines is 2. The molecule has 1 fully saturated rings. The van der Waals surface area contributed by atoms with Crippen molar-refractivity contribution in [2.75, 3.05) is 36.8 Å². The highest BCUT2D eigenvalue weighted by Crippen LogP contribution is 2.31. The first-order valence-corrected chi connectivity index (χ1v) is 10.6. The lowest BCUT2D eigenvalue weighted by molar-refractivity contribution is 0.250. The summed E-state index contributed by atoms with van der Waals surface area (Å²) in [4.78, 5) is 16.9. The van der Waals surface area contributed by atoms with Crippen molar-refractivity contribution >= 4 is 22.1 Å². The summed E-state index contributed by atoms with van der Waals surface area (Å²) in [5.74, 6) is 0. The van der Waals surface area contributed by atoms with Crippen molar-refractivity contribution in [2.24, 2.45) is 0 Å². The van der Waals surface area contributed by atoms with E-state index in [9.17, 15) is 4.79 Å². The fraction of sp³-hybridized carbons (Fsp3) is 0.200. The molecule has 0 atom stereocenters. The largest absolute Gasteiger partial charge is 0.397 e. The fourth-order valence-electron chi connectivity index (χ4n) is 4.31. The third kappa shape index (κ3) is 3.90. The lowest BCUT2D eigenvalue weighted by Crippen LogP contribution is -2.46. The predicted molar refractivity (Wildman–Crippen MR) is 126 cm³/mol. The van der Waals surface area contributed by atoms with Gasteiger partial charge in [0.2, 0.25) is 0 Å². The summed E-state index contributed by atoms with van der Waals surface area (Å²) in [6.07, 6.45) is 0. The van der Waals surface area contributed by atoms with Crippen LogP contribution in [0.2, 0.25) is 0 Å². The molecule has 0 unspecified atom stereocenters. The van der Waals surface area contributed by atoms with Crippen LogP contribution in [0.15, 0.2) is 77.6 Å². The quantitative estimate of drug-likeness (QED) is 0.503. The number of nitrogens with zero attached hydrogens (tertiary/aromatic N) is 3. The first kappa shape index (κ1) is 19.3. The minimum absolute atomic E-state index is 0.183. The van der Waals surface area contributed by atoms with Gasteiger partial charge in [-0.2, -0.15) is 5.10 Å².